The molecule has 0 fully saturated rings. The molecular weight excluding hydrogens is 504 g/mol. The standard InChI is InChI=1S/C28H28N4O5S/c1-28(2,3)27-31-30-25(37-27)19-11-14-24-23(15-19)32(26(33)22(29)17-38(24,34)35)16-18-9-12-21(13-10-18)36-20-7-5-4-6-8-20/h4-15,22H,16-17,29H2,1-3H3/t22-/m0/s1. The molecular formula is C28H28N4O5S. The Labute approximate surface area is 221 Å². The fourth-order valence-electron chi connectivity index (χ4n) is 4.12. The van der Waals surface area contributed by atoms with Crippen molar-refractivity contribution >= 4 is 21.4 Å². The van der Waals surface area contributed by atoms with E-state index in [-0.39, 0.29) is 28.4 Å². The van der Waals surface area contributed by atoms with E-state index in [1.54, 1.807) is 24.3 Å². The number of hydrogen-bond donors (Lipinski definition) is 1. The van der Waals surface area contributed by atoms with Gasteiger partial charge in [-0.25, -0.2) is 8.42 Å². The molecule has 10 heteroatoms. The van der Waals surface area contributed by atoms with Gasteiger partial charge in [0.25, 0.3) is 0 Å². The van der Waals surface area contributed by atoms with Crippen molar-refractivity contribution in [1.29, 1.82) is 0 Å². The van der Waals surface area contributed by atoms with Gasteiger partial charge in [0.15, 0.2) is 9.84 Å². The van der Waals surface area contributed by atoms with Crippen LogP contribution in [0.3, 0.4) is 0 Å². The lowest BCUT2D eigenvalue weighted by atomic mass is 9.97. The number of aromatic nitrogens is 2. The van der Waals surface area contributed by atoms with Crippen molar-refractivity contribution in [3.8, 4) is 23.0 Å². The van der Waals surface area contributed by atoms with Crippen molar-refractivity contribution in [2.24, 2.45) is 5.73 Å². The number of anilines is 1. The van der Waals surface area contributed by atoms with Gasteiger partial charge in [0, 0.05) is 11.0 Å². The van der Waals surface area contributed by atoms with Gasteiger partial charge >= 0.3 is 0 Å². The van der Waals surface area contributed by atoms with E-state index in [1.165, 1.54) is 11.0 Å². The predicted molar refractivity (Wildman–Crippen MR) is 143 cm³/mol. The van der Waals surface area contributed by atoms with E-state index in [4.69, 9.17) is 14.9 Å². The quantitative estimate of drug-likeness (QED) is 0.399. The molecule has 1 aliphatic rings. The van der Waals surface area contributed by atoms with E-state index in [0.29, 0.717) is 23.0 Å². The Balaban J connectivity index is 1.50. The van der Waals surface area contributed by atoms with Crippen LogP contribution in [0.1, 0.15) is 32.2 Å². The summed E-state index contributed by atoms with van der Waals surface area (Å²) in [5.41, 5.74) is 7.20. The Hall–Kier alpha value is -4.02. The maximum absolute atomic E-state index is 13.4. The number of nitrogens with zero attached hydrogens (tertiary/aromatic N) is 3. The summed E-state index contributed by atoms with van der Waals surface area (Å²) in [6.45, 7) is 5.96. The molecule has 38 heavy (non-hydrogen) atoms. The minimum Gasteiger partial charge on any atom is -0.457 e. The summed E-state index contributed by atoms with van der Waals surface area (Å²) in [7, 11) is -3.82. The monoisotopic (exact) mass is 532 g/mol. The molecule has 0 bridgehead atoms. The van der Waals surface area contributed by atoms with Crippen LogP contribution in [0.4, 0.5) is 5.69 Å². The zero-order valence-corrected chi connectivity index (χ0v) is 22.1. The van der Waals surface area contributed by atoms with Gasteiger partial charge in [0.05, 0.1) is 28.9 Å². The van der Waals surface area contributed by atoms with Gasteiger partial charge in [-0.1, -0.05) is 51.1 Å². The molecule has 1 amide bonds. The van der Waals surface area contributed by atoms with Crippen molar-refractivity contribution in [2.75, 3.05) is 10.7 Å². The van der Waals surface area contributed by atoms with E-state index >= 15 is 0 Å². The maximum Gasteiger partial charge on any atom is 0.247 e. The predicted octanol–water partition coefficient (Wildman–Crippen LogP) is 4.47. The summed E-state index contributed by atoms with van der Waals surface area (Å²) in [5, 5.41) is 8.27. The Morgan fingerprint density at radius 1 is 1.00 bits per heavy atom. The van der Waals surface area contributed by atoms with Gasteiger partial charge in [0.1, 0.15) is 11.5 Å². The van der Waals surface area contributed by atoms with Gasteiger partial charge in [-0.2, -0.15) is 0 Å². The smallest absolute Gasteiger partial charge is 0.247 e. The minimum atomic E-state index is -3.82. The summed E-state index contributed by atoms with van der Waals surface area (Å²) in [6, 6.07) is 20.1. The van der Waals surface area contributed by atoms with E-state index in [9.17, 15) is 13.2 Å². The van der Waals surface area contributed by atoms with E-state index in [0.717, 1.165) is 5.56 Å². The highest BCUT2D eigenvalue weighted by molar-refractivity contribution is 7.91. The van der Waals surface area contributed by atoms with Gasteiger partial charge in [-0.3, -0.25) is 4.79 Å². The normalized spacial score (nSPS) is 17.1. The first-order chi connectivity index (χ1) is 18.0. The molecule has 0 unspecified atom stereocenters. The van der Waals surface area contributed by atoms with Crippen molar-refractivity contribution in [3.05, 3.63) is 84.3 Å². The first kappa shape index (κ1) is 25.6. The highest BCUT2D eigenvalue weighted by Crippen LogP contribution is 2.36. The van der Waals surface area contributed by atoms with E-state index in [2.05, 4.69) is 10.2 Å². The van der Waals surface area contributed by atoms with Crippen LogP contribution in [-0.2, 0) is 26.6 Å². The number of benzene rings is 3. The third-order valence-electron chi connectivity index (χ3n) is 6.12. The number of rotatable bonds is 5. The van der Waals surface area contributed by atoms with Gasteiger partial charge < -0.3 is 19.8 Å². The molecule has 4 aromatic rings. The summed E-state index contributed by atoms with van der Waals surface area (Å²) in [4.78, 5) is 14.8. The lowest BCUT2D eigenvalue weighted by Crippen LogP contribution is -2.45. The number of nitrogens with two attached hydrogens (primary N) is 1. The summed E-state index contributed by atoms with van der Waals surface area (Å²) < 4.78 is 38.0. The summed E-state index contributed by atoms with van der Waals surface area (Å²) in [6.07, 6.45) is 0. The average molecular weight is 533 g/mol. The number of carbonyl (C=O) groups excluding carboxylic acids is 1. The highest BCUT2D eigenvalue weighted by Gasteiger charge is 2.36. The Morgan fingerprint density at radius 2 is 1.68 bits per heavy atom. The third-order valence-corrected chi connectivity index (χ3v) is 7.94. The lowest BCUT2D eigenvalue weighted by Gasteiger charge is -2.24. The SMILES string of the molecule is CC(C)(C)c1nnc(-c2ccc3c(c2)N(Cc2ccc(Oc4ccccc4)cc2)C(=O)[C@@H](N)CS3(=O)=O)o1. The fourth-order valence-corrected chi connectivity index (χ4v) is 5.67. The summed E-state index contributed by atoms with van der Waals surface area (Å²) in [5.74, 6) is 1.05. The van der Waals surface area contributed by atoms with Crippen LogP contribution in [0.15, 0.2) is 82.1 Å². The molecule has 0 saturated carbocycles. The van der Waals surface area contributed by atoms with Crippen LogP contribution in [0.2, 0.25) is 0 Å². The van der Waals surface area contributed by atoms with E-state index in [1.807, 2.05) is 63.2 Å². The maximum atomic E-state index is 13.4. The molecule has 2 N–H and O–H groups in total. The van der Waals surface area contributed by atoms with Gasteiger partial charge in [-0.05, 0) is 48.0 Å². The second kappa shape index (κ2) is 9.70. The largest absolute Gasteiger partial charge is 0.457 e. The van der Waals surface area contributed by atoms with Crippen molar-refractivity contribution in [2.45, 2.75) is 43.7 Å². The van der Waals surface area contributed by atoms with Crippen molar-refractivity contribution in [1.82, 2.24) is 10.2 Å². The molecule has 3 aromatic carbocycles. The third kappa shape index (κ3) is 5.18. The molecule has 0 radical (unpaired) electrons. The zero-order valence-electron chi connectivity index (χ0n) is 21.3. The Morgan fingerprint density at radius 3 is 2.34 bits per heavy atom. The van der Waals surface area contributed by atoms with Crippen molar-refractivity contribution < 1.29 is 22.4 Å². The molecule has 0 saturated heterocycles. The second-order valence-corrected chi connectivity index (χ2v) is 12.2. The van der Waals surface area contributed by atoms with Crippen LogP contribution in [0.5, 0.6) is 11.5 Å². The number of amides is 1. The second-order valence-electron chi connectivity index (χ2n) is 10.2. The molecule has 2 heterocycles. The lowest BCUT2D eigenvalue weighted by molar-refractivity contribution is -0.119. The first-order valence-electron chi connectivity index (χ1n) is 12.1. The van der Waals surface area contributed by atoms with E-state index < -0.39 is 27.5 Å². The van der Waals surface area contributed by atoms with Crippen LogP contribution in [0, 0.1) is 0 Å². The molecule has 1 aromatic heterocycles. The molecule has 5 rings (SSSR count). The summed E-state index contributed by atoms with van der Waals surface area (Å²) >= 11 is 0. The van der Waals surface area contributed by atoms with Gasteiger partial charge in [0.2, 0.25) is 17.7 Å². The topological polar surface area (TPSA) is 129 Å². The molecule has 0 spiro atoms. The number of sulfone groups is 1. The number of para-hydroxylation sites is 1. The molecule has 0 aliphatic carbocycles. The molecule has 196 valence electrons. The number of ether oxygens (including phenoxy) is 1. The zero-order chi connectivity index (χ0) is 27.1. The van der Waals surface area contributed by atoms with Crippen LogP contribution >= 0.6 is 0 Å². The van der Waals surface area contributed by atoms with Crippen molar-refractivity contribution in [3.63, 3.8) is 0 Å². The number of fused-ring (bicyclic) bond motifs is 1. The fraction of sp³-hybridized carbons (Fsp3) is 0.250. The van der Waals surface area contributed by atoms with Crippen LogP contribution in [0.25, 0.3) is 11.5 Å². The molecule has 9 nitrogen and oxygen atoms in total. The highest BCUT2D eigenvalue weighted by atomic mass is 32.2. The Kier molecular flexibility index (Phi) is 6.54. The average Bonchev–Trinajstić information content (AvgIpc) is 3.37. The van der Waals surface area contributed by atoms with Gasteiger partial charge in [-0.15, -0.1) is 10.2 Å². The van der Waals surface area contributed by atoms with Crippen LogP contribution < -0.4 is 15.4 Å². The first-order valence-corrected chi connectivity index (χ1v) is 13.8. The molecule has 1 atom stereocenters. The Bertz CT molecular complexity index is 1580. The van der Waals surface area contributed by atoms with Crippen LogP contribution in [-0.4, -0.2) is 36.3 Å². The minimum absolute atomic E-state index is 0.0298. The number of hydrogen-bond acceptors (Lipinski definition) is 8. The number of carbonyl (C=O) groups is 1. The molecule has 1 aliphatic heterocycles.